The number of hydrogen-bond donors (Lipinski definition) is 0. The lowest BCUT2D eigenvalue weighted by molar-refractivity contribution is -0.137. The largest absolute Gasteiger partial charge is 0.534 e. The number of carbonyl (C=O) groups excluding carboxylic acids is 1. The molecule has 0 aromatic heterocycles. The first-order valence-corrected chi connectivity index (χ1v) is 9.60. The number of carbonyl (C=O) groups is 1. The Morgan fingerprint density at radius 2 is 1.92 bits per heavy atom. The van der Waals surface area contributed by atoms with Gasteiger partial charge in [0.15, 0.2) is 0 Å². The zero-order valence-corrected chi connectivity index (χ0v) is 15.4. The maximum Gasteiger partial charge on any atom is 0.534 e. The Morgan fingerprint density at radius 1 is 1.23 bits per heavy atom. The first kappa shape index (κ1) is 20.5. The van der Waals surface area contributed by atoms with Crippen molar-refractivity contribution in [2.75, 3.05) is 7.11 Å². The van der Waals surface area contributed by atoms with Gasteiger partial charge in [0, 0.05) is 5.57 Å². The Balaban J connectivity index is 2.43. The highest BCUT2D eigenvalue weighted by molar-refractivity contribution is 7.87. The van der Waals surface area contributed by atoms with Crippen LogP contribution in [0.1, 0.15) is 45.4 Å². The van der Waals surface area contributed by atoms with Crippen molar-refractivity contribution >= 4 is 16.1 Å². The minimum absolute atomic E-state index is 0.0712. The lowest BCUT2D eigenvalue weighted by Gasteiger charge is -2.36. The second-order valence-electron chi connectivity index (χ2n) is 6.51. The monoisotopic (exact) mass is 394 g/mol. The topological polar surface area (TPSA) is 69.7 Å². The van der Waals surface area contributed by atoms with Crippen LogP contribution in [-0.4, -0.2) is 27.0 Å². The number of alkyl halides is 3. The molecule has 0 spiro atoms. The molecule has 2 rings (SSSR count). The van der Waals surface area contributed by atoms with E-state index in [1.165, 1.54) is 19.1 Å². The fourth-order valence-electron chi connectivity index (χ4n) is 3.28. The van der Waals surface area contributed by atoms with E-state index in [-0.39, 0.29) is 18.4 Å². The average Bonchev–Trinajstić information content (AvgIpc) is 2.56. The van der Waals surface area contributed by atoms with Crippen LogP contribution in [0.2, 0.25) is 0 Å². The van der Waals surface area contributed by atoms with Crippen LogP contribution in [0.5, 0.6) is 0 Å². The first-order chi connectivity index (χ1) is 12.0. The summed E-state index contributed by atoms with van der Waals surface area (Å²) in [5.74, 6) is -1.12. The third-order valence-corrected chi connectivity index (χ3v) is 5.58. The SMILES string of the molecule is COC(=O)C1=CCC=C(OS(=O)(=O)C(F)(F)F)[C@@]1(C)CC1=CCCCC1. The summed E-state index contributed by atoms with van der Waals surface area (Å²) >= 11 is 0. The number of hydrogen-bond acceptors (Lipinski definition) is 5. The van der Waals surface area contributed by atoms with Crippen LogP contribution in [0.4, 0.5) is 13.2 Å². The smallest absolute Gasteiger partial charge is 0.466 e. The summed E-state index contributed by atoms with van der Waals surface area (Å²) in [6.07, 6.45) is 8.55. The summed E-state index contributed by atoms with van der Waals surface area (Å²) in [4.78, 5) is 12.2. The van der Waals surface area contributed by atoms with E-state index >= 15 is 0 Å². The number of methoxy groups -OCH3 is 1. The van der Waals surface area contributed by atoms with Gasteiger partial charge in [-0.05, 0) is 51.5 Å². The van der Waals surface area contributed by atoms with Crippen molar-refractivity contribution in [2.24, 2.45) is 5.41 Å². The third kappa shape index (κ3) is 4.13. The predicted molar refractivity (Wildman–Crippen MR) is 88.1 cm³/mol. The Labute approximate surface area is 150 Å². The average molecular weight is 394 g/mol. The molecular formula is C17H21F3O5S. The molecule has 0 saturated carbocycles. The second kappa shape index (κ2) is 7.46. The van der Waals surface area contributed by atoms with Crippen LogP contribution in [0, 0.1) is 5.41 Å². The van der Waals surface area contributed by atoms with E-state index in [0.717, 1.165) is 38.4 Å². The number of ether oxygens (including phenoxy) is 1. The Hall–Kier alpha value is -1.77. The number of rotatable bonds is 5. The maximum absolute atomic E-state index is 12.8. The molecule has 0 amide bonds. The molecule has 0 aliphatic heterocycles. The fraction of sp³-hybridized carbons (Fsp3) is 0.588. The molecule has 0 heterocycles. The molecule has 0 radical (unpaired) electrons. The van der Waals surface area contributed by atoms with E-state index in [0.29, 0.717) is 0 Å². The van der Waals surface area contributed by atoms with Gasteiger partial charge in [-0.2, -0.15) is 21.6 Å². The van der Waals surface area contributed by atoms with Crippen molar-refractivity contribution in [3.05, 3.63) is 35.1 Å². The molecule has 5 nitrogen and oxygen atoms in total. The molecule has 0 aromatic carbocycles. The van der Waals surface area contributed by atoms with Crippen LogP contribution >= 0.6 is 0 Å². The Morgan fingerprint density at radius 3 is 2.46 bits per heavy atom. The molecule has 2 aliphatic rings. The quantitative estimate of drug-likeness (QED) is 0.303. The van der Waals surface area contributed by atoms with Gasteiger partial charge < -0.3 is 8.92 Å². The van der Waals surface area contributed by atoms with Gasteiger partial charge in [-0.25, -0.2) is 4.79 Å². The van der Waals surface area contributed by atoms with Crippen LogP contribution < -0.4 is 0 Å². The van der Waals surface area contributed by atoms with Gasteiger partial charge in [0.1, 0.15) is 5.76 Å². The highest BCUT2D eigenvalue weighted by Gasteiger charge is 2.52. The zero-order valence-electron chi connectivity index (χ0n) is 14.6. The predicted octanol–water partition coefficient (Wildman–Crippen LogP) is 4.14. The molecule has 0 N–H and O–H groups in total. The van der Waals surface area contributed by atoms with Crippen molar-refractivity contribution in [1.82, 2.24) is 0 Å². The van der Waals surface area contributed by atoms with Crippen molar-refractivity contribution in [3.8, 4) is 0 Å². The van der Waals surface area contributed by atoms with Gasteiger partial charge in [0.05, 0.1) is 12.5 Å². The summed E-state index contributed by atoms with van der Waals surface area (Å²) in [5, 5.41) is 0. The van der Waals surface area contributed by atoms with Crippen LogP contribution in [0.25, 0.3) is 0 Å². The van der Waals surface area contributed by atoms with Crippen molar-refractivity contribution in [3.63, 3.8) is 0 Å². The number of esters is 1. The highest BCUT2D eigenvalue weighted by atomic mass is 32.2. The van der Waals surface area contributed by atoms with E-state index in [9.17, 15) is 26.4 Å². The molecule has 2 aliphatic carbocycles. The minimum Gasteiger partial charge on any atom is -0.466 e. The van der Waals surface area contributed by atoms with E-state index in [2.05, 4.69) is 4.18 Å². The second-order valence-corrected chi connectivity index (χ2v) is 8.05. The maximum atomic E-state index is 12.8. The van der Waals surface area contributed by atoms with Gasteiger partial charge in [0.25, 0.3) is 0 Å². The number of halogens is 3. The molecule has 0 unspecified atom stereocenters. The van der Waals surface area contributed by atoms with Gasteiger partial charge >= 0.3 is 21.6 Å². The molecular weight excluding hydrogens is 373 g/mol. The Bertz CT molecular complexity index is 762. The van der Waals surface area contributed by atoms with Crippen molar-refractivity contribution in [1.29, 1.82) is 0 Å². The van der Waals surface area contributed by atoms with Gasteiger partial charge in [-0.3, -0.25) is 0 Å². The van der Waals surface area contributed by atoms with E-state index in [1.54, 1.807) is 0 Å². The summed E-state index contributed by atoms with van der Waals surface area (Å²) < 4.78 is 70.5. The van der Waals surface area contributed by atoms with Gasteiger partial charge in [0.2, 0.25) is 0 Å². The molecule has 0 aromatic rings. The molecule has 0 saturated heterocycles. The van der Waals surface area contributed by atoms with Crippen molar-refractivity contribution in [2.45, 2.75) is 51.0 Å². The van der Waals surface area contributed by atoms with Gasteiger partial charge in [-0.1, -0.05) is 17.7 Å². The van der Waals surface area contributed by atoms with E-state index in [4.69, 9.17) is 4.74 Å². The third-order valence-electron chi connectivity index (χ3n) is 4.62. The first-order valence-electron chi connectivity index (χ1n) is 8.19. The molecule has 9 heteroatoms. The van der Waals surface area contributed by atoms with E-state index in [1.807, 2.05) is 6.08 Å². The normalized spacial score (nSPS) is 24.3. The molecule has 0 fully saturated rings. The lowest BCUT2D eigenvalue weighted by Crippen LogP contribution is -2.35. The molecule has 1 atom stereocenters. The lowest BCUT2D eigenvalue weighted by atomic mass is 9.71. The van der Waals surface area contributed by atoms with Crippen LogP contribution in [0.3, 0.4) is 0 Å². The summed E-state index contributed by atoms with van der Waals surface area (Å²) in [6.45, 7) is 1.50. The molecule has 26 heavy (non-hydrogen) atoms. The van der Waals surface area contributed by atoms with Crippen LogP contribution in [0.15, 0.2) is 35.1 Å². The molecule has 146 valence electrons. The summed E-state index contributed by atoms with van der Waals surface area (Å²) in [6, 6.07) is 0. The fourth-order valence-corrected chi connectivity index (χ4v) is 3.86. The standard InChI is InChI=1S/C17H21F3O5S/c1-16(11-12-7-4-3-5-8-12)13(15(21)24-2)9-6-10-14(16)25-26(22,23)17(18,19)20/h7,9-10H,3-6,8,11H2,1-2H3/t16-/m0/s1. The minimum atomic E-state index is -5.83. The number of allylic oxidation sites excluding steroid dienone is 5. The highest BCUT2D eigenvalue weighted by Crippen LogP contribution is 2.47. The summed E-state index contributed by atoms with van der Waals surface area (Å²) in [7, 11) is -4.67. The van der Waals surface area contributed by atoms with Crippen LogP contribution in [-0.2, 0) is 23.8 Å². The van der Waals surface area contributed by atoms with Crippen molar-refractivity contribution < 1.29 is 35.3 Å². The van der Waals surface area contributed by atoms with Gasteiger partial charge in [-0.15, -0.1) is 0 Å². The summed E-state index contributed by atoms with van der Waals surface area (Å²) in [5.41, 5.74) is -5.85. The molecule has 0 bridgehead atoms. The Kier molecular flexibility index (Phi) is 5.89. The van der Waals surface area contributed by atoms with E-state index < -0.39 is 32.8 Å². The zero-order chi connectivity index (χ0) is 19.6.